The molecule has 6 nitrogen and oxygen atoms in total. The number of pyridine rings is 1. The van der Waals surface area contributed by atoms with Gasteiger partial charge in [0.05, 0.1) is 24.3 Å². The van der Waals surface area contributed by atoms with E-state index in [0.29, 0.717) is 48.1 Å². The number of halogens is 1. The van der Waals surface area contributed by atoms with Crippen molar-refractivity contribution in [2.45, 2.75) is 31.4 Å². The number of carbonyl (C=O) groups excluding carboxylic acids is 1. The van der Waals surface area contributed by atoms with Gasteiger partial charge in [0, 0.05) is 17.3 Å². The summed E-state index contributed by atoms with van der Waals surface area (Å²) in [5.74, 6) is 1.24. The van der Waals surface area contributed by atoms with Crippen LogP contribution in [0.1, 0.15) is 30.1 Å². The lowest BCUT2D eigenvalue weighted by Gasteiger charge is -2.37. The van der Waals surface area contributed by atoms with E-state index in [2.05, 4.69) is 10.3 Å². The molecule has 7 heteroatoms. The first-order chi connectivity index (χ1) is 13.1. The Morgan fingerprint density at radius 3 is 2.67 bits per heavy atom. The molecule has 2 N–H and O–H groups in total. The molecule has 1 amide bonds. The minimum Gasteiger partial charge on any atom is -0.486 e. The fourth-order valence-electron chi connectivity index (χ4n) is 3.53. The Morgan fingerprint density at radius 1 is 1.26 bits per heavy atom. The van der Waals surface area contributed by atoms with E-state index < -0.39 is 0 Å². The molecule has 2 aliphatic rings. The van der Waals surface area contributed by atoms with Crippen LogP contribution in [-0.4, -0.2) is 35.3 Å². The van der Waals surface area contributed by atoms with Crippen molar-refractivity contribution in [3.8, 4) is 11.5 Å². The fraction of sp³-hybridized carbons (Fsp3) is 0.400. The molecule has 1 aliphatic carbocycles. The first-order valence-electron chi connectivity index (χ1n) is 9.06. The molecule has 0 unspecified atom stereocenters. The highest BCUT2D eigenvalue weighted by molar-refractivity contribution is 6.31. The van der Waals surface area contributed by atoms with Crippen molar-refractivity contribution in [2.24, 2.45) is 5.92 Å². The monoisotopic (exact) mass is 388 g/mol. The van der Waals surface area contributed by atoms with Crippen LogP contribution in [0.3, 0.4) is 0 Å². The van der Waals surface area contributed by atoms with Crippen molar-refractivity contribution in [1.82, 2.24) is 10.3 Å². The molecule has 0 spiro atoms. The summed E-state index contributed by atoms with van der Waals surface area (Å²) in [5, 5.41) is 13.2. The molecular weight excluding hydrogens is 368 g/mol. The van der Waals surface area contributed by atoms with Crippen LogP contribution in [0.25, 0.3) is 0 Å². The number of nitrogens with zero attached hydrogens (tertiary/aromatic N) is 1. The first-order valence-corrected chi connectivity index (χ1v) is 9.44. The van der Waals surface area contributed by atoms with Crippen LogP contribution in [0.5, 0.6) is 11.5 Å². The summed E-state index contributed by atoms with van der Waals surface area (Å²) in [5.41, 5.74) is 1.49. The van der Waals surface area contributed by atoms with E-state index in [0.717, 1.165) is 5.69 Å². The highest BCUT2D eigenvalue weighted by Crippen LogP contribution is 2.38. The molecule has 2 heterocycles. The third-order valence-corrected chi connectivity index (χ3v) is 5.36. The van der Waals surface area contributed by atoms with Crippen LogP contribution in [0.15, 0.2) is 36.5 Å². The average Bonchev–Trinajstić information content (AvgIpc) is 2.65. The Balaban J connectivity index is 1.48. The summed E-state index contributed by atoms with van der Waals surface area (Å²) in [6.07, 6.45) is 2.86. The fourth-order valence-corrected chi connectivity index (χ4v) is 3.75. The Hall–Kier alpha value is -2.31. The SMILES string of the molecule is O=C(Cc1cc2c(cc1Cl)OCCO2)N[C@H](c1ccccn1)C1CC(O)C1. The summed E-state index contributed by atoms with van der Waals surface area (Å²) in [4.78, 5) is 17.1. The number of hydrogen-bond acceptors (Lipinski definition) is 5. The minimum atomic E-state index is -0.301. The van der Waals surface area contributed by atoms with E-state index in [4.69, 9.17) is 21.1 Å². The van der Waals surface area contributed by atoms with Gasteiger partial charge in [0.25, 0.3) is 0 Å². The van der Waals surface area contributed by atoms with Crippen LogP contribution < -0.4 is 14.8 Å². The molecule has 0 radical (unpaired) electrons. The molecule has 4 rings (SSSR count). The van der Waals surface area contributed by atoms with Crippen molar-refractivity contribution in [1.29, 1.82) is 0 Å². The van der Waals surface area contributed by atoms with Gasteiger partial charge in [-0.1, -0.05) is 17.7 Å². The van der Waals surface area contributed by atoms with Crippen molar-refractivity contribution in [3.05, 3.63) is 52.8 Å². The van der Waals surface area contributed by atoms with Gasteiger partial charge in [0.15, 0.2) is 11.5 Å². The lowest BCUT2D eigenvalue weighted by atomic mass is 9.76. The predicted molar refractivity (Wildman–Crippen MR) is 100.0 cm³/mol. The molecular formula is C20H21ClN2O4. The number of fused-ring (bicyclic) bond motifs is 1. The molecule has 1 fully saturated rings. The van der Waals surface area contributed by atoms with Crippen LogP contribution in [0.4, 0.5) is 0 Å². The number of rotatable bonds is 5. The van der Waals surface area contributed by atoms with E-state index in [-0.39, 0.29) is 30.4 Å². The van der Waals surface area contributed by atoms with Crippen LogP contribution in [0, 0.1) is 5.92 Å². The zero-order valence-corrected chi connectivity index (χ0v) is 15.5. The molecule has 1 aromatic carbocycles. The maximum absolute atomic E-state index is 12.7. The molecule has 1 aliphatic heterocycles. The molecule has 27 heavy (non-hydrogen) atoms. The number of benzene rings is 1. The smallest absolute Gasteiger partial charge is 0.225 e. The number of aliphatic hydroxyl groups is 1. The molecule has 1 aromatic heterocycles. The van der Waals surface area contributed by atoms with Crippen molar-refractivity contribution in [3.63, 3.8) is 0 Å². The number of hydrogen-bond donors (Lipinski definition) is 2. The van der Waals surface area contributed by atoms with Gasteiger partial charge in [-0.2, -0.15) is 0 Å². The van der Waals surface area contributed by atoms with E-state index in [1.54, 1.807) is 18.3 Å². The van der Waals surface area contributed by atoms with E-state index in [1.807, 2.05) is 18.2 Å². The molecule has 2 aromatic rings. The molecule has 1 atom stereocenters. The maximum Gasteiger partial charge on any atom is 0.225 e. The summed E-state index contributed by atoms with van der Waals surface area (Å²) < 4.78 is 11.1. The number of ether oxygens (including phenoxy) is 2. The predicted octanol–water partition coefficient (Wildman–Crippen LogP) is 2.68. The van der Waals surface area contributed by atoms with E-state index in [9.17, 15) is 9.90 Å². The Kier molecular flexibility index (Phi) is 5.18. The van der Waals surface area contributed by atoms with Gasteiger partial charge < -0.3 is 19.9 Å². The second kappa shape index (κ2) is 7.74. The number of nitrogens with one attached hydrogen (secondary N) is 1. The second-order valence-corrected chi connectivity index (χ2v) is 7.36. The van der Waals surface area contributed by atoms with E-state index in [1.165, 1.54) is 0 Å². The van der Waals surface area contributed by atoms with Crippen molar-refractivity contribution in [2.75, 3.05) is 13.2 Å². The van der Waals surface area contributed by atoms with Gasteiger partial charge in [-0.25, -0.2) is 0 Å². The number of carbonyl (C=O) groups is 1. The zero-order chi connectivity index (χ0) is 18.8. The molecule has 1 saturated carbocycles. The van der Waals surface area contributed by atoms with Crippen molar-refractivity contribution < 1.29 is 19.4 Å². The highest BCUT2D eigenvalue weighted by Gasteiger charge is 2.36. The second-order valence-electron chi connectivity index (χ2n) is 6.95. The molecule has 142 valence electrons. The quantitative estimate of drug-likeness (QED) is 0.823. The van der Waals surface area contributed by atoms with Gasteiger partial charge in [0.2, 0.25) is 5.91 Å². The lowest BCUT2D eigenvalue weighted by Crippen LogP contribution is -2.42. The Morgan fingerprint density at radius 2 is 2.00 bits per heavy atom. The topological polar surface area (TPSA) is 80.7 Å². The standard InChI is InChI=1S/C20H21ClN2O4/c21-15-11-18-17(26-5-6-27-18)9-12(15)10-19(25)23-20(13-7-14(24)8-13)16-3-1-2-4-22-16/h1-4,9,11,13-14,20,24H,5-8,10H2,(H,23,25)/t13?,14?,20-/m0/s1. The van der Waals surface area contributed by atoms with Gasteiger partial charge in [-0.05, 0) is 42.5 Å². The van der Waals surface area contributed by atoms with Gasteiger partial charge in [-0.3, -0.25) is 9.78 Å². The maximum atomic E-state index is 12.7. The number of amides is 1. The summed E-state index contributed by atoms with van der Waals surface area (Å²) in [6, 6.07) is 8.86. The third kappa shape index (κ3) is 4.01. The Bertz CT molecular complexity index is 824. The number of aromatic nitrogens is 1. The van der Waals surface area contributed by atoms with Gasteiger partial charge in [0.1, 0.15) is 13.2 Å². The molecule has 0 saturated heterocycles. The van der Waals surface area contributed by atoms with Crippen LogP contribution in [0.2, 0.25) is 5.02 Å². The van der Waals surface area contributed by atoms with Gasteiger partial charge >= 0.3 is 0 Å². The molecule has 0 bridgehead atoms. The zero-order valence-electron chi connectivity index (χ0n) is 14.7. The summed E-state index contributed by atoms with van der Waals surface area (Å²) >= 11 is 6.32. The van der Waals surface area contributed by atoms with Crippen LogP contribution in [-0.2, 0) is 11.2 Å². The summed E-state index contributed by atoms with van der Waals surface area (Å²) in [6.45, 7) is 0.966. The van der Waals surface area contributed by atoms with Crippen molar-refractivity contribution >= 4 is 17.5 Å². The number of aliphatic hydroxyl groups excluding tert-OH is 1. The first kappa shape index (κ1) is 18.1. The summed E-state index contributed by atoms with van der Waals surface area (Å²) in [7, 11) is 0. The van der Waals surface area contributed by atoms with E-state index >= 15 is 0 Å². The normalized spacial score (nSPS) is 21.9. The lowest BCUT2D eigenvalue weighted by molar-refractivity contribution is -0.122. The minimum absolute atomic E-state index is 0.133. The Labute approximate surface area is 162 Å². The largest absolute Gasteiger partial charge is 0.486 e. The van der Waals surface area contributed by atoms with Crippen LogP contribution >= 0.6 is 11.6 Å². The average molecular weight is 389 g/mol. The van der Waals surface area contributed by atoms with Gasteiger partial charge in [-0.15, -0.1) is 0 Å². The third-order valence-electron chi connectivity index (χ3n) is 5.01. The highest BCUT2D eigenvalue weighted by atomic mass is 35.5.